The lowest BCUT2D eigenvalue weighted by molar-refractivity contribution is -0.144. The predicted molar refractivity (Wildman–Crippen MR) is 63.3 cm³/mol. The van der Waals surface area contributed by atoms with Crippen LogP contribution in [-0.4, -0.2) is 45.9 Å². The van der Waals surface area contributed by atoms with Crippen molar-refractivity contribution in [1.82, 2.24) is 9.88 Å². The zero-order chi connectivity index (χ0) is 12.3. The molecule has 0 bridgehead atoms. The van der Waals surface area contributed by atoms with Gasteiger partial charge in [0.15, 0.2) is 5.01 Å². The van der Waals surface area contributed by atoms with Gasteiger partial charge in [0.1, 0.15) is 6.04 Å². The van der Waals surface area contributed by atoms with Crippen LogP contribution in [0.15, 0.2) is 11.6 Å². The molecule has 5 nitrogen and oxygen atoms in total. The summed E-state index contributed by atoms with van der Waals surface area (Å²) in [6, 6.07) is -0.521. The van der Waals surface area contributed by atoms with E-state index in [0.717, 1.165) is 12.8 Å². The Morgan fingerprint density at radius 3 is 3.00 bits per heavy atom. The highest BCUT2D eigenvalue weighted by atomic mass is 32.1. The third-order valence-corrected chi connectivity index (χ3v) is 3.73. The molecule has 0 unspecified atom stereocenters. The van der Waals surface area contributed by atoms with Gasteiger partial charge in [-0.15, -0.1) is 11.3 Å². The third-order valence-electron chi connectivity index (χ3n) is 2.92. The molecule has 0 amide bonds. The number of carboxylic acid groups (broad SMARTS) is 1. The van der Waals surface area contributed by atoms with Crippen molar-refractivity contribution in [3.63, 3.8) is 0 Å². The maximum atomic E-state index is 11.9. The summed E-state index contributed by atoms with van der Waals surface area (Å²) >= 11 is 1.29. The SMILES string of the molecule is O=C(CN1CCCC[C@@H]1C(=O)O)c1nccs1. The number of piperidine rings is 1. The number of hydrogen-bond donors (Lipinski definition) is 1. The van der Waals surface area contributed by atoms with Crippen LogP contribution >= 0.6 is 11.3 Å². The molecule has 0 aromatic carbocycles. The zero-order valence-corrected chi connectivity index (χ0v) is 10.2. The van der Waals surface area contributed by atoms with E-state index in [0.29, 0.717) is 18.0 Å². The Balaban J connectivity index is 2.01. The van der Waals surface area contributed by atoms with Crippen molar-refractivity contribution >= 4 is 23.1 Å². The van der Waals surface area contributed by atoms with Gasteiger partial charge in [-0.05, 0) is 19.4 Å². The Kier molecular flexibility index (Phi) is 3.86. The Bertz CT molecular complexity index is 405. The molecule has 2 rings (SSSR count). The smallest absolute Gasteiger partial charge is 0.320 e. The molecule has 17 heavy (non-hydrogen) atoms. The quantitative estimate of drug-likeness (QED) is 0.819. The van der Waals surface area contributed by atoms with Crippen molar-refractivity contribution in [1.29, 1.82) is 0 Å². The average Bonchev–Trinajstić information content (AvgIpc) is 2.83. The average molecular weight is 254 g/mol. The number of ketones is 1. The molecule has 1 aliphatic heterocycles. The largest absolute Gasteiger partial charge is 0.480 e. The lowest BCUT2D eigenvalue weighted by atomic mass is 10.0. The van der Waals surface area contributed by atoms with Gasteiger partial charge in [-0.3, -0.25) is 14.5 Å². The summed E-state index contributed by atoms with van der Waals surface area (Å²) in [6.07, 6.45) is 4.08. The number of nitrogens with zero attached hydrogens (tertiary/aromatic N) is 2. The van der Waals surface area contributed by atoms with Gasteiger partial charge in [0.25, 0.3) is 0 Å². The van der Waals surface area contributed by atoms with Crippen LogP contribution < -0.4 is 0 Å². The molecule has 92 valence electrons. The molecule has 1 N–H and O–H groups in total. The van der Waals surface area contributed by atoms with Crippen LogP contribution in [0.5, 0.6) is 0 Å². The molecule has 1 aromatic rings. The molecule has 0 saturated carbocycles. The number of aromatic nitrogens is 1. The second-order valence-corrected chi connectivity index (χ2v) is 4.98. The molecule has 1 aliphatic rings. The van der Waals surface area contributed by atoms with Crippen LogP contribution in [-0.2, 0) is 4.79 Å². The van der Waals surface area contributed by atoms with Gasteiger partial charge in [-0.1, -0.05) is 6.42 Å². The summed E-state index contributed by atoms with van der Waals surface area (Å²) in [7, 11) is 0. The van der Waals surface area contributed by atoms with Crippen LogP contribution in [0.2, 0.25) is 0 Å². The highest BCUT2D eigenvalue weighted by molar-refractivity contribution is 7.11. The highest BCUT2D eigenvalue weighted by Crippen LogP contribution is 2.18. The topological polar surface area (TPSA) is 70.5 Å². The van der Waals surface area contributed by atoms with Gasteiger partial charge in [-0.2, -0.15) is 0 Å². The Morgan fingerprint density at radius 1 is 1.53 bits per heavy atom. The van der Waals surface area contributed by atoms with Crippen molar-refractivity contribution in [2.75, 3.05) is 13.1 Å². The maximum absolute atomic E-state index is 11.9. The van der Waals surface area contributed by atoms with E-state index >= 15 is 0 Å². The first kappa shape index (κ1) is 12.2. The van der Waals surface area contributed by atoms with Gasteiger partial charge in [0, 0.05) is 11.6 Å². The van der Waals surface area contributed by atoms with E-state index in [-0.39, 0.29) is 12.3 Å². The van der Waals surface area contributed by atoms with Gasteiger partial charge in [0.05, 0.1) is 6.54 Å². The van der Waals surface area contributed by atoms with Crippen LogP contribution in [0.25, 0.3) is 0 Å². The van der Waals surface area contributed by atoms with Crippen molar-refractivity contribution in [2.45, 2.75) is 25.3 Å². The number of hydrogen-bond acceptors (Lipinski definition) is 5. The number of rotatable bonds is 4. The van der Waals surface area contributed by atoms with Crippen LogP contribution in [0.4, 0.5) is 0 Å². The zero-order valence-electron chi connectivity index (χ0n) is 9.33. The van der Waals surface area contributed by atoms with E-state index < -0.39 is 12.0 Å². The second-order valence-electron chi connectivity index (χ2n) is 4.08. The standard InChI is InChI=1S/C11H14N2O3S/c14-9(10-12-4-6-17-10)7-13-5-2-1-3-8(13)11(15)16/h4,6,8H,1-3,5,7H2,(H,15,16)/t8-/m1/s1. The maximum Gasteiger partial charge on any atom is 0.320 e. The van der Waals surface area contributed by atoms with E-state index in [9.17, 15) is 9.59 Å². The first-order valence-corrected chi connectivity index (χ1v) is 6.46. The number of carboxylic acids is 1. The molecule has 1 atom stereocenters. The predicted octanol–water partition coefficient (Wildman–Crippen LogP) is 1.26. The summed E-state index contributed by atoms with van der Waals surface area (Å²) in [4.78, 5) is 28.6. The minimum Gasteiger partial charge on any atom is -0.480 e. The number of aliphatic carboxylic acids is 1. The van der Waals surface area contributed by atoms with E-state index in [1.807, 2.05) is 0 Å². The normalized spacial score (nSPS) is 21.3. The number of thiazole rings is 1. The summed E-state index contributed by atoms with van der Waals surface area (Å²) in [5, 5.41) is 11.3. The summed E-state index contributed by atoms with van der Waals surface area (Å²) in [6.45, 7) is 0.832. The molecule has 1 saturated heterocycles. The Hall–Kier alpha value is -1.27. The Morgan fingerprint density at radius 2 is 2.35 bits per heavy atom. The Labute approximate surface area is 103 Å². The van der Waals surface area contributed by atoms with Crippen molar-refractivity contribution in [3.8, 4) is 0 Å². The molecule has 6 heteroatoms. The number of likely N-dealkylation sites (tertiary alicyclic amines) is 1. The molecular formula is C11H14N2O3S. The van der Waals surface area contributed by atoms with Crippen molar-refractivity contribution in [3.05, 3.63) is 16.6 Å². The number of carbonyl (C=O) groups is 2. The molecule has 1 aromatic heterocycles. The lowest BCUT2D eigenvalue weighted by Crippen LogP contribution is -2.46. The molecule has 0 spiro atoms. The number of carbonyl (C=O) groups excluding carboxylic acids is 1. The second kappa shape index (κ2) is 5.37. The monoisotopic (exact) mass is 254 g/mol. The van der Waals surface area contributed by atoms with Gasteiger partial charge >= 0.3 is 5.97 Å². The molecule has 1 fully saturated rings. The number of Topliss-reactive ketones (excluding diaryl/α,β-unsaturated/α-hetero) is 1. The lowest BCUT2D eigenvalue weighted by Gasteiger charge is -2.31. The van der Waals surface area contributed by atoms with E-state index in [1.165, 1.54) is 11.3 Å². The van der Waals surface area contributed by atoms with Crippen LogP contribution in [0.3, 0.4) is 0 Å². The first-order valence-electron chi connectivity index (χ1n) is 5.58. The van der Waals surface area contributed by atoms with Crippen LogP contribution in [0.1, 0.15) is 29.1 Å². The fraction of sp³-hybridized carbons (Fsp3) is 0.545. The van der Waals surface area contributed by atoms with Gasteiger partial charge < -0.3 is 5.11 Å². The van der Waals surface area contributed by atoms with E-state index in [4.69, 9.17) is 5.11 Å². The fourth-order valence-electron chi connectivity index (χ4n) is 2.07. The van der Waals surface area contributed by atoms with Gasteiger partial charge in [0.2, 0.25) is 5.78 Å². The van der Waals surface area contributed by atoms with Crippen molar-refractivity contribution < 1.29 is 14.7 Å². The molecule has 2 heterocycles. The molecular weight excluding hydrogens is 240 g/mol. The summed E-state index contributed by atoms with van der Waals surface area (Å²) in [5.74, 6) is -0.926. The summed E-state index contributed by atoms with van der Waals surface area (Å²) < 4.78 is 0. The van der Waals surface area contributed by atoms with Gasteiger partial charge in [-0.25, -0.2) is 4.98 Å². The molecule has 0 aliphatic carbocycles. The van der Waals surface area contributed by atoms with E-state index in [2.05, 4.69) is 4.98 Å². The first-order chi connectivity index (χ1) is 8.18. The van der Waals surface area contributed by atoms with Crippen LogP contribution in [0, 0.1) is 0 Å². The van der Waals surface area contributed by atoms with Crippen molar-refractivity contribution in [2.24, 2.45) is 0 Å². The molecule has 0 radical (unpaired) electrons. The summed E-state index contributed by atoms with van der Waals surface area (Å²) in [5.41, 5.74) is 0. The highest BCUT2D eigenvalue weighted by Gasteiger charge is 2.30. The minimum atomic E-state index is -0.836. The third kappa shape index (κ3) is 2.89. The van der Waals surface area contributed by atoms with E-state index in [1.54, 1.807) is 16.5 Å². The minimum absolute atomic E-state index is 0.0897. The fourth-order valence-corrected chi connectivity index (χ4v) is 2.64.